The first-order chi connectivity index (χ1) is 9.15. The lowest BCUT2D eigenvalue weighted by molar-refractivity contribution is -0.130. The van der Waals surface area contributed by atoms with E-state index in [2.05, 4.69) is 0 Å². The van der Waals surface area contributed by atoms with E-state index < -0.39 is 0 Å². The highest BCUT2D eigenvalue weighted by molar-refractivity contribution is 6.00. The molecular formula is C14H17N3O2. The van der Waals surface area contributed by atoms with Gasteiger partial charge in [-0.2, -0.15) is 0 Å². The summed E-state index contributed by atoms with van der Waals surface area (Å²) in [5.74, 6) is -0.0541. The zero-order valence-corrected chi connectivity index (χ0v) is 10.7. The van der Waals surface area contributed by atoms with Gasteiger partial charge in [-0.25, -0.2) is 0 Å². The molecule has 19 heavy (non-hydrogen) atoms. The van der Waals surface area contributed by atoms with Gasteiger partial charge in [0.15, 0.2) is 0 Å². The smallest absolute Gasteiger partial charge is 0.254 e. The Labute approximate surface area is 112 Å². The molecule has 2 aliphatic heterocycles. The highest BCUT2D eigenvalue weighted by atomic mass is 16.2. The molecule has 1 aromatic rings. The van der Waals surface area contributed by atoms with Crippen molar-refractivity contribution in [1.82, 2.24) is 9.80 Å². The van der Waals surface area contributed by atoms with E-state index in [1.807, 2.05) is 24.3 Å². The van der Waals surface area contributed by atoms with Crippen molar-refractivity contribution in [3.05, 3.63) is 35.4 Å². The molecule has 2 heterocycles. The van der Waals surface area contributed by atoms with E-state index in [1.165, 1.54) is 0 Å². The van der Waals surface area contributed by atoms with E-state index in [9.17, 15) is 9.59 Å². The number of nitrogens with two attached hydrogens (primary N) is 1. The van der Waals surface area contributed by atoms with Gasteiger partial charge in [0.25, 0.3) is 5.91 Å². The van der Waals surface area contributed by atoms with Crippen LogP contribution in [0.4, 0.5) is 0 Å². The van der Waals surface area contributed by atoms with Gasteiger partial charge in [-0.15, -0.1) is 0 Å². The summed E-state index contributed by atoms with van der Waals surface area (Å²) in [4.78, 5) is 27.6. The standard InChI is InChI=1S/C14H17N3O2/c15-11-5-6-16(8-11)13(18)9-17-7-10-3-1-2-4-12(10)14(17)19/h1-4,11H,5-9,15H2. The third kappa shape index (κ3) is 2.21. The van der Waals surface area contributed by atoms with Crippen molar-refractivity contribution in [3.63, 3.8) is 0 Å². The second-order valence-corrected chi connectivity index (χ2v) is 5.21. The molecule has 0 aliphatic carbocycles. The first-order valence-electron chi connectivity index (χ1n) is 6.55. The number of fused-ring (bicyclic) bond motifs is 1. The molecule has 0 spiro atoms. The van der Waals surface area contributed by atoms with Crippen LogP contribution in [0.1, 0.15) is 22.3 Å². The van der Waals surface area contributed by atoms with Crippen molar-refractivity contribution in [2.24, 2.45) is 5.73 Å². The number of likely N-dealkylation sites (tertiary alicyclic amines) is 1. The number of rotatable bonds is 2. The van der Waals surface area contributed by atoms with E-state index >= 15 is 0 Å². The molecule has 0 saturated carbocycles. The normalized spacial score (nSPS) is 21.9. The van der Waals surface area contributed by atoms with E-state index in [0.29, 0.717) is 25.2 Å². The molecule has 0 bridgehead atoms. The minimum atomic E-state index is -0.0487. The first kappa shape index (κ1) is 12.2. The highest BCUT2D eigenvalue weighted by Gasteiger charge is 2.31. The van der Waals surface area contributed by atoms with Crippen molar-refractivity contribution in [3.8, 4) is 0 Å². The largest absolute Gasteiger partial charge is 0.340 e. The third-order valence-electron chi connectivity index (χ3n) is 3.80. The highest BCUT2D eigenvalue weighted by Crippen LogP contribution is 2.22. The van der Waals surface area contributed by atoms with Gasteiger partial charge < -0.3 is 15.5 Å². The van der Waals surface area contributed by atoms with Gasteiger partial charge >= 0.3 is 0 Å². The van der Waals surface area contributed by atoms with Crippen LogP contribution in [0.3, 0.4) is 0 Å². The maximum absolute atomic E-state index is 12.1. The van der Waals surface area contributed by atoms with Crippen LogP contribution < -0.4 is 5.73 Å². The molecule has 5 nitrogen and oxygen atoms in total. The summed E-state index contributed by atoms with van der Waals surface area (Å²) in [7, 11) is 0. The fourth-order valence-electron chi connectivity index (χ4n) is 2.72. The fraction of sp³-hybridized carbons (Fsp3) is 0.429. The van der Waals surface area contributed by atoms with Gasteiger partial charge in [0.1, 0.15) is 6.54 Å². The number of amides is 2. The van der Waals surface area contributed by atoms with Crippen LogP contribution in [0, 0.1) is 0 Å². The Hall–Kier alpha value is -1.88. The molecular weight excluding hydrogens is 242 g/mol. The summed E-state index contributed by atoms with van der Waals surface area (Å²) in [6, 6.07) is 7.59. The Morgan fingerprint density at radius 3 is 2.84 bits per heavy atom. The Morgan fingerprint density at radius 1 is 1.37 bits per heavy atom. The Kier molecular flexibility index (Phi) is 2.98. The lowest BCUT2D eigenvalue weighted by Gasteiger charge is -2.20. The molecule has 0 radical (unpaired) electrons. The fourth-order valence-corrected chi connectivity index (χ4v) is 2.72. The van der Waals surface area contributed by atoms with Crippen LogP contribution in [0.2, 0.25) is 0 Å². The van der Waals surface area contributed by atoms with Crippen LogP contribution in [0.25, 0.3) is 0 Å². The van der Waals surface area contributed by atoms with E-state index in [0.717, 1.165) is 12.0 Å². The second-order valence-electron chi connectivity index (χ2n) is 5.21. The molecule has 1 fully saturated rings. The van der Waals surface area contributed by atoms with Crippen molar-refractivity contribution >= 4 is 11.8 Å². The lowest BCUT2D eigenvalue weighted by atomic mass is 10.1. The third-order valence-corrected chi connectivity index (χ3v) is 3.80. The van der Waals surface area contributed by atoms with Crippen molar-refractivity contribution in [2.75, 3.05) is 19.6 Å². The van der Waals surface area contributed by atoms with Crippen LogP contribution in [-0.4, -0.2) is 47.3 Å². The molecule has 2 aliphatic rings. The van der Waals surface area contributed by atoms with Crippen molar-refractivity contribution in [1.29, 1.82) is 0 Å². The molecule has 1 aromatic carbocycles. The lowest BCUT2D eigenvalue weighted by Crippen LogP contribution is -2.40. The van der Waals surface area contributed by atoms with Crippen LogP contribution in [-0.2, 0) is 11.3 Å². The summed E-state index contributed by atoms with van der Waals surface area (Å²) in [6.45, 7) is 1.99. The number of hydrogen-bond acceptors (Lipinski definition) is 3. The van der Waals surface area contributed by atoms with E-state index in [1.54, 1.807) is 9.80 Å². The summed E-state index contributed by atoms with van der Waals surface area (Å²) < 4.78 is 0. The molecule has 2 amide bonds. The minimum absolute atomic E-state index is 0.00546. The number of hydrogen-bond donors (Lipinski definition) is 1. The van der Waals surface area contributed by atoms with Crippen LogP contribution >= 0.6 is 0 Å². The first-order valence-corrected chi connectivity index (χ1v) is 6.55. The van der Waals surface area contributed by atoms with Crippen LogP contribution in [0.5, 0.6) is 0 Å². The summed E-state index contributed by atoms with van der Waals surface area (Å²) >= 11 is 0. The zero-order chi connectivity index (χ0) is 13.4. The number of nitrogens with zero attached hydrogens (tertiary/aromatic N) is 2. The minimum Gasteiger partial charge on any atom is -0.340 e. The summed E-state index contributed by atoms with van der Waals surface area (Å²) in [5, 5.41) is 0. The Morgan fingerprint density at radius 2 is 2.16 bits per heavy atom. The van der Waals surface area contributed by atoms with E-state index in [-0.39, 0.29) is 24.4 Å². The molecule has 1 unspecified atom stereocenters. The van der Waals surface area contributed by atoms with Crippen molar-refractivity contribution < 1.29 is 9.59 Å². The van der Waals surface area contributed by atoms with E-state index in [4.69, 9.17) is 5.73 Å². The molecule has 3 rings (SSSR count). The van der Waals surface area contributed by atoms with Gasteiger partial charge in [-0.3, -0.25) is 9.59 Å². The maximum atomic E-state index is 12.1. The number of benzene rings is 1. The molecule has 2 N–H and O–H groups in total. The quantitative estimate of drug-likeness (QED) is 0.825. The topological polar surface area (TPSA) is 66.6 Å². The summed E-state index contributed by atoms with van der Waals surface area (Å²) in [6.07, 6.45) is 0.847. The monoisotopic (exact) mass is 259 g/mol. The predicted octanol–water partition coefficient (Wildman–Crippen LogP) is 0.202. The molecule has 1 saturated heterocycles. The SMILES string of the molecule is NC1CCN(C(=O)CN2Cc3ccccc3C2=O)C1. The van der Waals surface area contributed by atoms with Gasteiger partial charge in [0.2, 0.25) is 5.91 Å². The van der Waals surface area contributed by atoms with Crippen molar-refractivity contribution in [2.45, 2.75) is 19.0 Å². The Bertz CT molecular complexity index is 529. The van der Waals surface area contributed by atoms with Gasteiger partial charge in [0, 0.05) is 31.2 Å². The Balaban J connectivity index is 1.66. The average Bonchev–Trinajstić information content (AvgIpc) is 2.96. The van der Waals surface area contributed by atoms with Crippen LogP contribution in [0.15, 0.2) is 24.3 Å². The predicted molar refractivity (Wildman–Crippen MR) is 70.4 cm³/mol. The van der Waals surface area contributed by atoms with Gasteiger partial charge in [-0.05, 0) is 18.1 Å². The maximum Gasteiger partial charge on any atom is 0.254 e. The number of carbonyl (C=O) groups is 2. The summed E-state index contributed by atoms with van der Waals surface area (Å²) in [5.41, 5.74) is 7.51. The molecule has 0 aromatic heterocycles. The second kappa shape index (κ2) is 4.66. The zero-order valence-electron chi connectivity index (χ0n) is 10.7. The molecule has 5 heteroatoms. The number of carbonyl (C=O) groups excluding carboxylic acids is 2. The van der Waals surface area contributed by atoms with Gasteiger partial charge in [0.05, 0.1) is 0 Å². The molecule has 1 atom stereocenters. The van der Waals surface area contributed by atoms with Gasteiger partial charge in [-0.1, -0.05) is 18.2 Å². The average molecular weight is 259 g/mol. The molecule has 100 valence electrons.